The minimum Gasteiger partial charge on any atom is -0.491 e. The first-order chi connectivity index (χ1) is 23.8. The summed E-state index contributed by atoms with van der Waals surface area (Å²) in [5, 5.41) is 27.3. The molecule has 3 aliphatic rings. The van der Waals surface area contributed by atoms with Crippen LogP contribution >= 0.6 is 11.6 Å². The number of ether oxygens (including phenoxy) is 1. The van der Waals surface area contributed by atoms with Gasteiger partial charge in [-0.25, -0.2) is 4.79 Å². The van der Waals surface area contributed by atoms with Crippen molar-refractivity contribution in [3.63, 3.8) is 0 Å². The molecule has 1 fully saturated rings. The van der Waals surface area contributed by atoms with E-state index < -0.39 is 5.97 Å². The second kappa shape index (κ2) is 14.3. The summed E-state index contributed by atoms with van der Waals surface area (Å²) in [6, 6.07) is 10.6. The summed E-state index contributed by atoms with van der Waals surface area (Å²) in [6.45, 7) is 3.63. The van der Waals surface area contributed by atoms with Gasteiger partial charge in [0.2, 0.25) is 0 Å². The third kappa shape index (κ3) is 6.94. The average Bonchev–Trinajstić information content (AvgIpc) is 3.58. The minimum absolute atomic E-state index is 0.295. The molecule has 10 nitrogen and oxygen atoms in total. The van der Waals surface area contributed by atoms with Crippen LogP contribution in [0.2, 0.25) is 5.02 Å². The van der Waals surface area contributed by atoms with Crippen LogP contribution in [0.5, 0.6) is 5.75 Å². The molecule has 3 aliphatic heterocycles. The fraction of sp³-hybridized carbons (Fsp3) is 0.447. The van der Waals surface area contributed by atoms with Crippen molar-refractivity contribution < 1.29 is 14.6 Å². The lowest BCUT2D eigenvalue weighted by molar-refractivity contribution is 0.0685. The second-order valence-electron chi connectivity index (χ2n) is 13.6. The number of nitrogens with one attached hydrogen (secondary N) is 1. The molecule has 7 rings (SSSR count). The zero-order chi connectivity index (χ0) is 34.1. The lowest BCUT2D eigenvalue weighted by Gasteiger charge is -2.27. The number of rotatable bonds is 1. The monoisotopic (exact) mass is 683 g/mol. The number of carbonyl (C=O) groups is 1. The Morgan fingerprint density at radius 1 is 1.00 bits per heavy atom. The normalized spacial score (nSPS) is 19.6. The lowest BCUT2D eigenvalue weighted by Crippen LogP contribution is -2.25. The van der Waals surface area contributed by atoms with E-state index in [2.05, 4.69) is 46.5 Å². The summed E-state index contributed by atoms with van der Waals surface area (Å²) in [5.41, 5.74) is 9.74. The molecule has 5 heterocycles. The van der Waals surface area contributed by atoms with E-state index in [0.717, 1.165) is 109 Å². The second-order valence-corrected chi connectivity index (χ2v) is 14.0. The molecule has 1 saturated heterocycles. The molecule has 11 heteroatoms. The third-order valence-electron chi connectivity index (χ3n) is 10.1. The number of aryl methyl sites for hydroxylation is 6. The highest BCUT2D eigenvalue weighted by molar-refractivity contribution is 6.33. The van der Waals surface area contributed by atoms with E-state index in [0.29, 0.717) is 36.7 Å². The molecule has 0 radical (unpaired) electrons. The predicted molar refractivity (Wildman–Crippen MR) is 196 cm³/mol. The average molecular weight is 684 g/mol. The van der Waals surface area contributed by atoms with Crippen LogP contribution in [0.3, 0.4) is 0 Å². The maximum atomic E-state index is 12.7. The van der Waals surface area contributed by atoms with Crippen LogP contribution in [-0.4, -0.2) is 74.8 Å². The van der Waals surface area contributed by atoms with Crippen LogP contribution in [0.15, 0.2) is 41.1 Å². The Balaban J connectivity index is 1.27. The number of aromatic nitrogens is 3. The first kappa shape index (κ1) is 33.2. The van der Waals surface area contributed by atoms with Gasteiger partial charge in [-0.1, -0.05) is 23.7 Å². The number of hydrogen-bond donors (Lipinski definition) is 2. The van der Waals surface area contributed by atoms with Crippen LogP contribution in [-0.2, 0) is 46.3 Å². The quantitative estimate of drug-likeness (QED) is 0.231. The number of piperidine rings is 1. The van der Waals surface area contributed by atoms with E-state index in [1.165, 1.54) is 16.8 Å². The fourth-order valence-corrected chi connectivity index (χ4v) is 7.87. The number of benzene rings is 2. The molecule has 0 amide bonds. The van der Waals surface area contributed by atoms with Gasteiger partial charge in [0.15, 0.2) is 0 Å². The first-order valence-electron chi connectivity index (χ1n) is 17.5. The highest BCUT2D eigenvalue weighted by atomic mass is 35.5. The number of fused-ring (bicyclic) bond motifs is 7. The summed E-state index contributed by atoms with van der Waals surface area (Å²) in [4.78, 5) is 14.9. The zero-order valence-electron chi connectivity index (χ0n) is 28.8. The smallest absolute Gasteiger partial charge is 0.352 e. The van der Waals surface area contributed by atoms with Crippen LogP contribution in [0.4, 0.5) is 5.69 Å². The number of carboxylic acids is 1. The Morgan fingerprint density at radius 3 is 2.73 bits per heavy atom. The van der Waals surface area contributed by atoms with Gasteiger partial charge < -0.3 is 19.7 Å². The lowest BCUT2D eigenvalue weighted by atomic mass is 9.97. The molecule has 0 atom stereocenters. The van der Waals surface area contributed by atoms with Crippen LogP contribution in [0, 0.1) is 0 Å². The van der Waals surface area contributed by atoms with E-state index >= 15 is 0 Å². The topological polar surface area (TPSA) is 100 Å². The number of anilines is 1. The molecule has 258 valence electrons. The van der Waals surface area contributed by atoms with E-state index in [9.17, 15) is 9.90 Å². The summed E-state index contributed by atoms with van der Waals surface area (Å²) in [7, 11) is 5.95. The van der Waals surface area contributed by atoms with Gasteiger partial charge >= 0.3 is 5.97 Å². The molecule has 2 aromatic heterocycles. The van der Waals surface area contributed by atoms with E-state index in [4.69, 9.17) is 26.5 Å². The molecule has 0 aliphatic carbocycles. The standard InChI is InChI=1S/C38H46ClN7O3/c1-43-18-16-41-46-17-5-4-9-29(46)23-32-33(39)14-13-31-30(37(38(47)48)44(2)36(31)32)10-7-19-49-34-21-25(20-26-8-6-15-40-35(26)34)11-12-28-22-27(24-43)42-45(28)3/h13-14,16,20-23,40H,4-12,15,17-19,24H2,1-3H3,(H,47,48)/b29-23+,41-16+. The highest BCUT2D eigenvalue weighted by Gasteiger charge is 2.24. The Labute approximate surface area is 293 Å². The van der Waals surface area contributed by atoms with Gasteiger partial charge in [-0.2, -0.15) is 10.2 Å². The number of halogens is 1. The maximum absolute atomic E-state index is 12.7. The Hall–Kier alpha value is -4.28. The zero-order valence-corrected chi connectivity index (χ0v) is 29.5. The summed E-state index contributed by atoms with van der Waals surface area (Å²) in [6.07, 6.45) is 12.2. The van der Waals surface area contributed by atoms with E-state index in [1.54, 1.807) is 4.57 Å². The predicted octanol–water partition coefficient (Wildman–Crippen LogP) is 6.68. The molecular weight excluding hydrogens is 638 g/mol. The molecule has 4 aromatic rings. The first-order valence-corrected chi connectivity index (χ1v) is 17.9. The largest absolute Gasteiger partial charge is 0.491 e. The molecule has 0 saturated carbocycles. The van der Waals surface area contributed by atoms with E-state index in [1.807, 2.05) is 37.1 Å². The van der Waals surface area contributed by atoms with Crippen molar-refractivity contribution in [3.8, 4) is 5.75 Å². The van der Waals surface area contributed by atoms with Gasteiger partial charge in [-0.05, 0) is 106 Å². The van der Waals surface area contributed by atoms with Crippen LogP contribution in [0.1, 0.15) is 76.2 Å². The molecular formula is C38H46ClN7O3. The van der Waals surface area contributed by atoms with Crippen LogP contribution < -0.4 is 10.1 Å². The Bertz CT molecular complexity index is 1940. The van der Waals surface area contributed by atoms with Gasteiger partial charge in [0.25, 0.3) is 0 Å². The number of hydrogen-bond acceptors (Lipinski definition) is 7. The van der Waals surface area contributed by atoms with Crippen molar-refractivity contribution in [2.24, 2.45) is 19.2 Å². The minimum atomic E-state index is -0.943. The summed E-state index contributed by atoms with van der Waals surface area (Å²) < 4.78 is 10.3. The molecule has 0 unspecified atom stereocenters. The number of hydrazone groups is 1. The maximum Gasteiger partial charge on any atom is 0.352 e. The molecule has 49 heavy (non-hydrogen) atoms. The van der Waals surface area contributed by atoms with E-state index in [-0.39, 0.29) is 0 Å². The third-order valence-corrected chi connectivity index (χ3v) is 10.4. The summed E-state index contributed by atoms with van der Waals surface area (Å²) >= 11 is 6.89. The van der Waals surface area contributed by atoms with Gasteiger partial charge in [0, 0.05) is 73.9 Å². The van der Waals surface area contributed by atoms with Crippen molar-refractivity contribution in [2.45, 2.75) is 64.3 Å². The van der Waals surface area contributed by atoms with Gasteiger partial charge in [0.05, 0.1) is 23.5 Å². The molecule has 2 N–H and O–H groups in total. The van der Waals surface area contributed by atoms with Crippen molar-refractivity contribution in [3.05, 3.63) is 80.4 Å². The van der Waals surface area contributed by atoms with Gasteiger partial charge in [-0.15, -0.1) is 0 Å². The number of carboxylic acid groups (broad SMARTS) is 1. The van der Waals surface area contributed by atoms with Crippen molar-refractivity contribution in [2.75, 3.05) is 38.6 Å². The highest BCUT2D eigenvalue weighted by Crippen LogP contribution is 2.37. The van der Waals surface area contributed by atoms with Gasteiger partial charge in [-0.3, -0.25) is 14.6 Å². The fourth-order valence-electron chi connectivity index (χ4n) is 7.66. The Morgan fingerprint density at radius 2 is 1.88 bits per heavy atom. The molecule has 2 aromatic carbocycles. The number of nitrogens with zero attached hydrogens (tertiary/aromatic N) is 6. The molecule has 8 bridgehead atoms. The number of allylic oxidation sites excluding steroid dienone is 1. The van der Waals surface area contributed by atoms with Gasteiger partial charge in [0.1, 0.15) is 11.4 Å². The number of aromatic carboxylic acids is 1. The Kier molecular flexibility index (Phi) is 9.69. The van der Waals surface area contributed by atoms with Crippen molar-refractivity contribution >= 4 is 46.5 Å². The summed E-state index contributed by atoms with van der Waals surface area (Å²) in [5.74, 6) is -0.0640. The molecule has 0 spiro atoms. The SMILES string of the molecule is CN1C/C=N/N2CCCC/C2=C\c2c(Cl)ccc3c(c(C(=O)O)n(C)c23)CCCOc2cc(cc3c2NCCC3)CCc2cc(nn2C)C1. The van der Waals surface area contributed by atoms with Crippen molar-refractivity contribution in [1.29, 1.82) is 0 Å². The van der Waals surface area contributed by atoms with Crippen LogP contribution in [0.25, 0.3) is 17.0 Å². The van der Waals surface area contributed by atoms with Crippen molar-refractivity contribution in [1.82, 2.24) is 24.3 Å².